The van der Waals surface area contributed by atoms with Crippen LogP contribution in [0, 0.1) is 6.92 Å². The number of rotatable bonds is 4. The Morgan fingerprint density at radius 2 is 2.08 bits per heavy atom. The van der Waals surface area contributed by atoms with Crippen LogP contribution in [0.5, 0.6) is 5.75 Å². The third-order valence-corrected chi connectivity index (χ3v) is 5.79. The molecule has 3 heterocycles. The van der Waals surface area contributed by atoms with Crippen molar-refractivity contribution in [2.24, 2.45) is 0 Å². The van der Waals surface area contributed by atoms with Crippen LogP contribution in [-0.2, 0) is 11.3 Å². The molecular weight excluding hydrogens is 314 g/mol. The quantitative estimate of drug-likeness (QED) is 0.927. The average molecular weight is 343 g/mol. The van der Waals surface area contributed by atoms with E-state index in [1.165, 1.54) is 41.5 Å². The van der Waals surface area contributed by atoms with Crippen molar-refractivity contribution in [1.29, 1.82) is 0 Å². The fourth-order valence-corrected chi connectivity index (χ4v) is 4.29. The van der Waals surface area contributed by atoms with Gasteiger partial charge in [0.1, 0.15) is 5.75 Å². The summed E-state index contributed by atoms with van der Waals surface area (Å²) in [7, 11) is 1.73. The first-order chi connectivity index (χ1) is 12.2. The molecule has 5 nitrogen and oxygen atoms in total. The predicted octanol–water partition coefficient (Wildman–Crippen LogP) is 2.78. The Hall–Kier alpha value is -1.56. The molecule has 1 aromatic heterocycles. The monoisotopic (exact) mass is 343 g/mol. The summed E-state index contributed by atoms with van der Waals surface area (Å²) in [4.78, 5) is 8.86. The zero-order valence-corrected chi connectivity index (χ0v) is 15.4. The van der Waals surface area contributed by atoms with Crippen LogP contribution in [0.1, 0.15) is 24.1 Å². The highest BCUT2D eigenvalue weighted by Crippen LogP contribution is 2.27. The number of hydrogen-bond donors (Lipinski definition) is 1. The average Bonchev–Trinajstić information content (AvgIpc) is 2.98. The number of piperidine rings is 1. The summed E-state index contributed by atoms with van der Waals surface area (Å²) in [6.07, 6.45) is 2.61. The van der Waals surface area contributed by atoms with Crippen molar-refractivity contribution in [1.82, 2.24) is 14.8 Å². The van der Waals surface area contributed by atoms with Gasteiger partial charge < -0.3 is 14.5 Å². The molecule has 2 aliphatic rings. The highest BCUT2D eigenvalue weighted by molar-refractivity contribution is 5.85. The molecule has 25 heavy (non-hydrogen) atoms. The minimum Gasteiger partial charge on any atom is -0.497 e. The van der Waals surface area contributed by atoms with E-state index in [4.69, 9.17) is 9.47 Å². The number of aromatic nitrogens is 1. The molecule has 2 saturated heterocycles. The summed E-state index contributed by atoms with van der Waals surface area (Å²) < 4.78 is 10.9. The molecule has 1 aromatic carbocycles. The van der Waals surface area contributed by atoms with E-state index in [2.05, 4.69) is 33.8 Å². The predicted molar refractivity (Wildman–Crippen MR) is 100 cm³/mol. The zero-order chi connectivity index (χ0) is 17.2. The van der Waals surface area contributed by atoms with Gasteiger partial charge in [-0.3, -0.25) is 9.80 Å². The Morgan fingerprint density at radius 1 is 1.24 bits per heavy atom. The maximum absolute atomic E-state index is 5.51. The molecule has 5 heteroatoms. The molecule has 2 fully saturated rings. The number of H-pyrrole nitrogens is 1. The normalized spacial score (nSPS) is 23.2. The molecule has 2 aliphatic heterocycles. The summed E-state index contributed by atoms with van der Waals surface area (Å²) in [5, 5.41) is 1.27. The van der Waals surface area contributed by atoms with E-state index in [0.29, 0.717) is 6.04 Å². The molecular formula is C20H29N3O2. The molecule has 136 valence electrons. The number of methoxy groups -OCH3 is 1. The fourth-order valence-electron chi connectivity index (χ4n) is 4.29. The lowest BCUT2D eigenvalue weighted by atomic mass is 10.0. The topological polar surface area (TPSA) is 40.7 Å². The molecule has 0 bridgehead atoms. The standard InChI is InChI=1S/C20H29N3O2/c1-15-18-12-17(24-2)5-6-19(18)21-20(15)14-22-7-3-4-16(13-22)23-8-10-25-11-9-23/h5-6,12,16,21H,3-4,7-11,13-14H2,1-2H3. The maximum Gasteiger partial charge on any atom is 0.119 e. The number of likely N-dealkylation sites (tertiary alicyclic amines) is 1. The van der Waals surface area contributed by atoms with Gasteiger partial charge in [0.15, 0.2) is 0 Å². The number of nitrogens with zero attached hydrogens (tertiary/aromatic N) is 2. The third-order valence-electron chi connectivity index (χ3n) is 5.79. The van der Waals surface area contributed by atoms with Crippen LogP contribution in [0.3, 0.4) is 0 Å². The van der Waals surface area contributed by atoms with Crippen molar-refractivity contribution in [3.05, 3.63) is 29.5 Å². The van der Waals surface area contributed by atoms with Crippen LogP contribution >= 0.6 is 0 Å². The Morgan fingerprint density at radius 3 is 2.88 bits per heavy atom. The van der Waals surface area contributed by atoms with Crippen LogP contribution in [0.15, 0.2) is 18.2 Å². The highest BCUT2D eigenvalue weighted by atomic mass is 16.5. The van der Waals surface area contributed by atoms with Crippen LogP contribution in [-0.4, -0.2) is 67.3 Å². The van der Waals surface area contributed by atoms with Crippen LogP contribution in [0.2, 0.25) is 0 Å². The zero-order valence-electron chi connectivity index (χ0n) is 15.4. The molecule has 4 rings (SSSR count). The van der Waals surface area contributed by atoms with Crippen LogP contribution < -0.4 is 4.74 Å². The second kappa shape index (κ2) is 7.36. The maximum atomic E-state index is 5.51. The van der Waals surface area contributed by atoms with Gasteiger partial charge in [0.2, 0.25) is 0 Å². The lowest BCUT2D eigenvalue weighted by molar-refractivity contribution is -0.00371. The first kappa shape index (κ1) is 16.9. The van der Waals surface area contributed by atoms with Crippen molar-refractivity contribution in [3.8, 4) is 5.75 Å². The summed E-state index contributed by atoms with van der Waals surface area (Å²) in [5.74, 6) is 0.923. The van der Waals surface area contributed by atoms with E-state index < -0.39 is 0 Å². The summed E-state index contributed by atoms with van der Waals surface area (Å²) in [6.45, 7) is 9.53. The molecule has 2 aromatic rings. The van der Waals surface area contributed by atoms with E-state index >= 15 is 0 Å². The van der Waals surface area contributed by atoms with Gasteiger partial charge in [-0.25, -0.2) is 0 Å². The van der Waals surface area contributed by atoms with Gasteiger partial charge in [-0.2, -0.15) is 0 Å². The van der Waals surface area contributed by atoms with Gasteiger partial charge in [0.25, 0.3) is 0 Å². The first-order valence-corrected chi connectivity index (χ1v) is 9.44. The van der Waals surface area contributed by atoms with E-state index in [9.17, 15) is 0 Å². The van der Waals surface area contributed by atoms with Crippen LogP contribution in [0.25, 0.3) is 10.9 Å². The van der Waals surface area contributed by atoms with E-state index in [-0.39, 0.29) is 0 Å². The molecule has 0 aliphatic carbocycles. The molecule has 0 radical (unpaired) electrons. The highest BCUT2D eigenvalue weighted by Gasteiger charge is 2.27. The minimum absolute atomic E-state index is 0.683. The largest absolute Gasteiger partial charge is 0.497 e. The Balaban J connectivity index is 1.47. The second-order valence-electron chi connectivity index (χ2n) is 7.32. The number of fused-ring (bicyclic) bond motifs is 1. The lowest BCUT2D eigenvalue weighted by Gasteiger charge is -2.40. The first-order valence-electron chi connectivity index (χ1n) is 9.44. The van der Waals surface area contributed by atoms with Crippen molar-refractivity contribution < 1.29 is 9.47 Å². The van der Waals surface area contributed by atoms with Crippen molar-refractivity contribution in [3.63, 3.8) is 0 Å². The Labute approximate surface area is 149 Å². The minimum atomic E-state index is 0.683. The van der Waals surface area contributed by atoms with Gasteiger partial charge in [0.05, 0.1) is 20.3 Å². The molecule has 1 atom stereocenters. The summed E-state index contributed by atoms with van der Waals surface area (Å²) in [6, 6.07) is 6.97. The van der Waals surface area contributed by atoms with Gasteiger partial charge >= 0.3 is 0 Å². The van der Waals surface area contributed by atoms with Gasteiger partial charge in [0, 0.05) is 48.8 Å². The number of benzene rings is 1. The molecule has 0 amide bonds. The summed E-state index contributed by atoms with van der Waals surface area (Å²) in [5.41, 5.74) is 3.89. The van der Waals surface area contributed by atoms with Gasteiger partial charge in [-0.05, 0) is 50.1 Å². The van der Waals surface area contributed by atoms with E-state index in [1.54, 1.807) is 7.11 Å². The number of ether oxygens (including phenoxy) is 2. The number of hydrogen-bond acceptors (Lipinski definition) is 4. The Kier molecular flexibility index (Phi) is 4.97. The van der Waals surface area contributed by atoms with E-state index in [1.807, 2.05) is 6.07 Å². The van der Waals surface area contributed by atoms with Crippen LogP contribution in [0.4, 0.5) is 0 Å². The number of morpholine rings is 1. The van der Waals surface area contributed by atoms with E-state index in [0.717, 1.165) is 45.1 Å². The molecule has 1 N–H and O–H groups in total. The SMILES string of the molecule is COc1ccc2[nH]c(CN3CCCC(N4CCOCC4)C3)c(C)c2c1. The van der Waals surface area contributed by atoms with Crippen molar-refractivity contribution in [2.45, 2.75) is 32.4 Å². The number of aryl methyl sites for hydroxylation is 1. The number of nitrogens with one attached hydrogen (secondary N) is 1. The third kappa shape index (κ3) is 3.54. The molecule has 0 spiro atoms. The molecule has 0 saturated carbocycles. The smallest absolute Gasteiger partial charge is 0.119 e. The lowest BCUT2D eigenvalue weighted by Crippen LogP contribution is -2.51. The van der Waals surface area contributed by atoms with Gasteiger partial charge in [-0.15, -0.1) is 0 Å². The van der Waals surface area contributed by atoms with Crippen molar-refractivity contribution >= 4 is 10.9 Å². The molecule has 1 unspecified atom stereocenters. The Bertz CT molecular complexity index is 721. The number of aromatic amines is 1. The van der Waals surface area contributed by atoms with Gasteiger partial charge in [-0.1, -0.05) is 0 Å². The van der Waals surface area contributed by atoms with Crippen molar-refractivity contribution in [2.75, 3.05) is 46.5 Å². The fraction of sp³-hybridized carbons (Fsp3) is 0.600. The summed E-state index contributed by atoms with van der Waals surface area (Å²) >= 11 is 0. The second-order valence-corrected chi connectivity index (χ2v) is 7.32.